The molecule has 0 bridgehead atoms. The van der Waals surface area contributed by atoms with Crippen molar-refractivity contribution in [3.63, 3.8) is 0 Å². The SMILES string of the molecule is CCN1CCCC1CNC(N)=NCc1ccccc1OCC(C)C. The van der Waals surface area contributed by atoms with Crippen LogP contribution in [0.5, 0.6) is 5.75 Å². The maximum atomic E-state index is 6.04. The van der Waals surface area contributed by atoms with Crippen LogP contribution < -0.4 is 15.8 Å². The van der Waals surface area contributed by atoms with E-state index < -0.39 is 0 Å². The van der Waals surface area contributed by atoms with Gasteiger partial charge < -0.3 is 15.8 Å². The molecule has 0 aromatic heterocycles. The highest BCUT2D eigenvalue weighted by Crippen LogP contribution is 2.19. The van der Waals surface area contributed by atoms with Crippen molar-refractivity contribution in [2.45, 2.75) is 46.2 Å². The number of rotatable bonds is 8. The number of nitrogens with two attached hydrogens (primary N) is 1. The van der Waals surface area contributed by atoms with Gasteiger partial charge in [-0.25, -0.2) is 4.99 Å². The minimum atomic E-state index is 0.501. The Hall–Kier alpha value is -1.75. The second kappa shape index (κ2) is 9.52. The van der Waals surface area contributed by atoms with Crippen molar-refractivity contribution in [1.82, 2.24) is 10.2 Å². The Balaban J connectivity index is 1.85. The molecule has 1 heterocycles. The minimum Gasteiger partial charge on any atom is -0.493 e. The Bertz CT molecular complexity index is 530. The fraction of sp³-hybridized carbons (Fsp3) is 0.632. The molecule has 1 aromatic carbocycles. The predicted octanol–water partition coefficient (Wildman–Crippen LogP) is 2.61. The molecule has 1 atom stereocenters. The second-order valence-electron chi connectivity index (χ2n) is 6.82. The third-order valence-corrected chi connectivity index (χ3v) is 4.39. The maximum absolute atomic E-state index is 6.04. The highest BCUT2D eigenvalue weighted by atomic mass is 16.5. The van der Waals surface area contributed by atoms with Crippen LogP contribution in [-0.2, 0) is 6.54 Å². The van der Waals surface area contributed by atoms with Crippen LogP contribution in [0.1, 0.15) is 39.2 Å². The normalized spacial score (nSPS) is 19.0. The van der Waals surface area contributed by atoms with E-state index >= 15 is 0 Å². The van der Waals surface area contributed by atoms with Gasteiger partial charge in [-0.05, 0) is 37.9 Å². The molecule has 0 amide bonds. The number of ether oxygens (including phenoxy) is 1. The molecule has 0 aliphatic carbocycles. The highest BCUT2D eigenvalue weighted by Gasteiger charge is 2.22. The average molecular weight is 332 g/mol. The first-order chi connectivity index (χ1) is 11.6. The van der Waals surface area contributed by atoms with Crippen LogP contribution in [0.4, 0.5) is 0 Å². The van der Waals surface area contributed by atoms with Crippen molar-refractivity contribution >= 4 is 5.96 Å². The smallest absolute Gasteiger partial charge is 0.188 e. The van der Waals surface area contributed by atoms with E-state index in [1.165, 1.54) is 19.4 Å². The lowest BCUT2D eigenvalue weighted by Crippen LogP contribution is -2.42. The highest BCUT2D eigenvalue weighted by molar-refractivity contribution is 5.77. The third-order valence-electron chi connectivity index (χ3n) is 4.39. The van der Waals surface area contributed by atoms with Gasteiger partial charge in [0.15, 0.2) is 5.96 Å². The molecule has 1 saturated heterocycles. The van der Waals surface area contributed by atoms with Gasteiger partial charge in [-0.15, -0.1) is 0 Å². The summed E-state index contributed by atoms with van der Waals surface area (Å²) in [5.74, 6) is 1.91. The van der Waals surface area contributed by atoms with E-state index in [0.29, 0.717) is 31.1 Å². The molecule has 5 heteroatoms. The van der Waals surface area contributed by atoms with Gasteiger partial charge >= 0.3 is 0 Å². The Morgan fingerprint density at radius 2 is 2.21 bits per heavy atom. The molecule has 1 aromatic rings. The van der Waals surface area contributed by atoms with Crippen molar-refractivity contribution in [2.24, 2.45) is 16.6 Å². The number of likely N-dealkylation sites (N-methyl/N-ethyl adjacent to an activating group) is 1. The third kappa shape index (κ3) is 5.71. The number of nitrogens with zero attached hydrogens (tertiary/aromatic N) is 2. The summed E-state index contributed by atoms with van der Waals surface area (Å²) >= 11 is 0. The fourth-order valence-electron chi connectivity index (χ4n) is 3.02. The molecule has 1 fully saturated rings. The van der Waals surface area contributed by atoms with Crippen LogP contribution in [0.3, 0.4) is 0 Å². The van der Waals surface area contributed by atoms with Crippen molar-refractivity contribution < 1.29 is 4.74 Å². The van der Waals surface area contributed by atoms with Crippen LogP contribution in [-0.4, -0.2) is 43.1 Å². The van der Waals surface area contributed by atoms with E-state index in [9.17, 15) is 0 Å². The van der Waals surface area contributed by atoms with E-state index in [-0.39, 0.29) is 0 Å². The summed E-state index contributed by atoms with van der Waals surface area (Å²) in [6.45, 7) is 10.9. The van der Waals surface area contributed by atoms with Gasteiger partial charge in [0.05, 0.1) is 13.2 Å². The fourth-order valence-corrected chi connectivity index (χ4v) is 3.02. The summed E-state index contributed by atoms with van der Waals surface area (Å²) in [6, 6.07) is 8.61. The number of guanidine groups is 1. The molecule has 5 nitrogen and oxygen atoms in total. The van der Waals surface area contributed by atoms with Gasteiger partial charge in [0.1, 0.15) is 5.75 Å². The zero-order valence-corrected chi connectivity index (χ0v) is 15.3. The molecule has 0 radical (unpaired) electrons. The van der Waals surface area contributed by atoms with Crippen molar-refractivity contribution in [2.75, 3.05) is 26.2 Å². The van der Waals surface area contributed by atoms with Gasteiger partial charge in [0.25, 0.3) is 0 Å². The lowest BCUT2D eigenvalue weighted by molar-refractivity contribution is 0.267. The van der Waals surface area contributed by atoms with Gasteiger partial charge in [-0.1, -0.05) is 39.0 Å². The number of nitrogens with one attached hydrogen (secondary N) is 1. The van der Waals surface area contributed by atoms with Crippen molar-refractivity contribution in [3.05, 3.63) is 29.8 Å². The van der Waals surface area contributed by atoms with E-state index in [1.807, 2.05) is 24.3 Å². The number of hydrogen-bond donors (Lipinski definition) is 2. The van der Waals surface area contributed by atoms with Crippen molar-refractivity contribution in [3.8, 4) is 5.75 Å². The average Bonchev–Trinajstić information content (AvgIpc) is 3.04. The summed E-state index contributed by atoms with van der Waals surface area (Å²) in [7, 11) is 0. The molecule has 0 spiro atoms. The number of aliphatic imine (C=N–C) groups is 1. The van der Waals surface area contributed by atoms with Crippen LogP contribution in [0.15, 0.2) is 29.3 Å². The van der Waals surface area contributed by atoms with E-state index in [0.717, 1.165) is 24.4 Å². The molecular formula is C19H32N4O. The number of benzene rings is 1. The molecule has 3 N–H and O–H groups in total. The van der Waals surface area contributed by atoms with Gasteiger partial charge in [0.2, 0.25) is 0 Å². The lowest BCUT2D eigenvalue weighted by Gasteiger charge is -2.23. The van der Waals surface area contributed by atoms with Crippen molar-refractivity contribution in [1.29, 1.82) is 0 Å². The maximum Gasteiger partial charge on any atom is 0.188 e. The van der Waals surface area contributed by atoms with Gasteiger partial charge in [-0.2, -0.15) is 0 Å². The second-order valence-corrected chi connectivity index (χ2v) is 6.82. The largest absolute Gasteiger partial charge is 0.493 e. The monoisotopic (exact) mass is 332 g/mol. The summed E-state index contributed by atoms with van der Waals surface area (Å²) in [6.07, 6.45) is 2.51. The molecule has 134 valence electrons. The lowest BCUT2D eigenvalue weighted by atomic mass is 10.2. The van der Waals surface area contributed by atoms with Crippen LogP contribution in [0.2, 0.25) is 0 Å². The van der Waals surface area contributed by atoms with Gasteiger partial charge in [-0.3, -0.25) is 4.90 Å². The summed E-state index contributed by atoms with van der Waals surface area (Å²) in [5.41, 5.74) is 7.11. The van der Waals surface area contributed by atoms with Crippen LogP contribution in [0.25, 0.3) is 0 Å². The summed E-state index contributed by atoms with van der Waals surface area (Å²) < 4.78 is 5.86. The minimum absolute atomic E-state index is 0.501. The first-order valence-corrected chi connectivity index (χ1v) is 9.08. The number of hydrogen-bond acceptors (Lipinski definition) is 3. The molecule has 2 rings (SSSR count). The molecular weight excluding hydrogens is 300 g/mol. The first kappa shape index (κ1) is 18.6. The number of para-hydroxylation sites is 1. The topological polar surface area (TPSA) is 62.9 Å². The molecule has 1 unspecified atom stereocenters. The standard InChI is InChI=1S/C19H32N4O/c1-4-23-11-7-9-17(23)13-22-19(20)21-12-16-8-5-6-10-18(16)24-14-15(2)3/h5-6,8,10,15,17H,4,7,9,11-14H2,1-3H3,(H3,20,21,22). The predicted molar refractivity (Wildman–Crippen MR) is 100 cm³/mol. The molecule has 24 heavy (non-hydrogen) atoms. The summed E-state index contributed by atoms with van der Waals surface area (Å²) in [4.78, 5) is 6.97. The Kier molecular flexibility index (Phi) is 7.37. The van der Waals surface area contributed by atoms with E-state index in [4.69, 9.17) is 10.5 Å². The van der Waals surface area contributed by atoms with Crippen LogP contribution in [0, 0.1) is 5.92 Å². The van der Waals surface area contributed by atoms with Crippen LogP contribution >= 0.6 is 0 Å². The number of likely N-dealkylation sites (tertiary alicyclic amines) is 1. The Morgan fingerprint density at radius 3 is 2.96 bits per heavy atom. The summed E-state index contributed by atoms with van der Waals surface area (Å²) in [5, 5.41) is 3.27. The zero-order valence-electron chi connectivity index (χ0n) is 15.3. The van der Waals surface area contributed by atoms with Gasteiger partial charge in [0, 0.05) is 18.2 Å². The first-order valence-electron chi connectivity index (χ1n) is 9.08. The quantitative estimate of drug-likeness (QED) is 0.567. The molecule has 0 saturated carbocycles. The van der Waals surface area contributed by atoms with E-state index in [2.05, 4.69) is 36.0 Å². The molecule has 1 aliphatic rings. The molecule has 1 aliphatic heterocycles. The zero-order chi connectivity index (χ0) is 17.4. The Labute approximate surface area is 146 Å². The Morgan fingerprint density at radius 1 is 1.42 bits per heavy atom. The van der Waals surface area contributed by atoms with E-state index in [1.54, 1.807) is 0 Å².